The molecule has 1 heterocycles. The van der Waals surface area contributed by atoms with Gasteiger partial charge in [-0.05, 0) is 44.1 Å². The van der Waals surface area contributed by atoms with Gasteiger partial charge in [0.15, 0.2) is 0 Å². The van der Waals surface area contributed by atoms with E-state index in [9.17, 15) is 5.11 Å². The van der Waals surface area contributed by atoms with Gasteiger partial charge in [0.25, 0.3) is 0 Å². The lowest BCUT2D eigenvalue weighted by Gasteiger charge is -2.31. The Morgan fingerprint density at radius 2 is 2.05 bits per heavy atom. The van der Waals surface area contributed by atoms with Crippen LogP contribution in [0.25, 0.3) is 0 Å². The topological polar surface area (TPSA) is 58.7 Å². The van der Waals surface area contributed by atoms with Gasteiger partial charge in [-0.2, -0.15) is 0 Å². The lowest BCUT2D eigenvalue weighted by molar-refractivity contribution is 0.0597. The van der Waals surface area contributed by atoms with Crippen LogP contribution in [0.15, 0.2) is 18.2 Å². The lowest BCUT2D eigenvalue weighted by Crippen LogP contribution is -2.44. The van der Waals surface area contributed by atoms with Crippen LogP contribution >= 0.6 is 23.2 Å². The number of aliphatic hydroxyl groups excluding tert-OH is 1. The van der Waals surface area contributed by atoms with Crippen LogP contribution in [0.3, 0.4) is 0 Å². The summed E-state index contributed by atoms with van der Waals surface area (Å²) in [7, 11) is 0. The zero-order chi connectivity index (χ0) is 14.5. The molecule has 3 N–H and O–H groups in total. The van der Waals surface area contributed by atoms with E-state index >= 15 is 0 Å². The van der Waals surface area contributed by atoms with Gasteiger partial charge in [0.1, 0.15) is 18.5 Å². The molecule has 0 radical (unpaired) electrons. The van der Waals surface area contributed by atoms with E-state index < -0.39 is 6.10 Å². The Balaban J connectivity index is 1.76. The first-order valence-electron chi connectivity index (χ1n) is 6.78. The Labute approximate surface area is 129 Å². The van der Waals surface area contributed by atoms with E-state index in [2.05, 4.69) is 4.90 Å². The number of piperidine rings is 1. The molecule has 0 bridgehead atoms. The van der Waals surface area contributed by atoms with Crippen LogP contribution < -0.4 is 10.5 Å². The first-order valence-corrected chi connectivity index (χ1v) is 7.54. The molecule has 20 heavy (non-hydrogen) atoms. The van der Waals surface area contributed by atoms with Crippen LogP contribution in [0.4, 0.5) is 0 Å². The number of aliphatic hydroxyl groups is 1. The summed E-state index contributed by atoms with van der Waals surface area (Å²) in [6, 6.07) is 5.34. The van der Waals surface area contributed by atoms with Crippen molar-refractivity contribution < 1.29 is 9.84 Å². The molecular formula is C14H20Cl2N2O2. The van der Waals surface area contributed by atoms with Gasteiger partial charge in [-0.15, -0.1) is 0 Å². The lowest BCUT2D eigenvalue weighted by atomic mass is 10.1. The first kappa shape index (κ1) is 15.9. The highest BCUT2D eigenvalue weighted by Crippen LogP contribution is 2.27. The van der Waals surface area contributed by atoms with Gasteiger partial charge in [-0.3, -0.25) is 0 Å². The second-order valence-corrected chi connectivity index (χ2v) is 6.02. The van der Waals surface area contributed by atoms with Crippen molar-refractivity contribution in [3.05, 3.63) is 28.2 Å². The fourth-order valence-electron chi connectivity index (χ4n) is 2.26. The Kier molecular flexibility index (Phi) is 5.93. The molecule has 2 rings (SSSR count). The minimum atomic E-state index is -0.545. The molecule has 1 unspecified atom stereocenters. The van der Waals surface area contributed by atoms with Crippen LogP contribution in [0, 0.1) is 0 Å². The summed E-state index contributed by atoms with van der Waals surface area (Å²) in [5, 5.41) is 11.0. The van der Waals surface area contributed by atoms with Crippen LogP contribution in [-0.2, 0) is 0 Å². The molecule has 112 valence electrons. The highest BCUT2D eigenvalue weighted by atomic mass is 35.5. The molecule has 6 heteroatoms. The quantitative estimate of drug-likeness (QED) is 0.873. The molecule has 1 aromatic carbocycles. The standard InChI is InChI=1S/C14H20Cl2N2O2/c15-10-1-2-14(13(16)7-10)20-9-12(19)8-18-5-3-11(17)4-6-18/h1-2,7,11-12,19H,3-6,8-9,17H2. The minimum Gasteiger partial charge on any atom is -0.489 e. The average Bonchev–Trinajstić information content (AvgIpc) is 2.40. The number of nitrogens with zero attached hydrogens (tertiary/aromatic N) is 1. The first-order chi connectivity index (χ1) is 9.54. The molecule has 1 aliphatic rings. The van der Waals surface area contributed by atoms with Crippen molar-refractivity contribution in [2.45, 2.75) is 25.0 Å². The normalized spacial score (nSPS) is 19.0. The summed E-state index contributed by atoms with van der Waals surface area (Å²) >= 11 is 11.8. The third-order valence-corrected chi connectivity index (χ3v) is 3.96. The van der Waals surface area contributed by atoms with Crippen LogP contribution in [-0.4, -0.2) is 48.4 Å². The van der Waals surface area contributed by atoms with Crippen molar-refractivity contribution in [1.29, 1.82) is 0 Å². The maximum atomic E-state index is 10.0. The van der Waals surface area contributed by atoms with Crippen molar-refractivity contribution in [3.8, 4) is 5.75 Å². The maximum absolute atomic E-state index is 10.0. The van der Waals surface area contributed by atoms with E-state index in [0.29, 0.717) is 28.4 Å². The van der Waals surface area contributed by atoms with E-state index in [1.54, 1.807) is 18.2 Å². The SMILES string of the molecule is NC1CCN(CC(O)COc2ccc(Cl)cc2Cl)CC1. The average molecular weight is 319 g/mol. The Hall–Kier alpha value is -0.520. The summed E-state index contributed by atoms with van der Waals surface area (Å²) in [5.41, 5.74) is 5.85. The molecule has 1 aromatic rings. The van der Waals surface area contributed by atoms with Gasteiger partial charge in [0.2, 0.25) is 0 Å². The van der Waals surface area contributed by atoms with Gasteiger partial charge in [-0.25, -0.2) is 0 Å². The van der Waals surface area contributed by atoms with Crippen LogP contribution in [0.5, 0.6) is 5.75 Å². The Morgan fingerprint density at radius 1 is 1.35 bits per heavy atom. The zero-order valence-corrected chi connectivity index (χ0v) is 12.8. The van der Waals surface area contributed by atoms with E-state index in [0.717, 1.165) is 25.9 Å². The van der Waals surface area contributed by atoms with Gasteiger partial charge >= 0.3 is 0 Å². The molecule has 1 aliphatic heterocycles. The van der Waals surface area contributed by atoms with Gasteiger partial charge in [-0.1, -0.05) is 23.2 Å². The summed E-state index contributed by atoms with van der Waals surface area (Å²) < 4.78 is 5.52. The molecule has 4 nitrogen and oxygen atoms in total. The molecule has 0 spiro atoms. The number of benzene rings is 1. The molecule has 0 amide bonds. The number of halogens is 2. The molecule has 1 fully saturated rings. The van der Waals surface area contributed by atoms with Crippen LogP contribution in [0.2, 0.25) is 10.0 Å². The van der Waals surface area contributed by atoms with Crippen molar-refractivity contribution in [3.63, 3.8) is 0 Å². The monoisotopic (exact) mass is 318 g/mol. The highest BCUT2D eigenvalue weighted by Gasteiger charge is 2.19. The number of hydrogen-bond acceptors (Lipinski definition) is 4. The smallest absolute Gasteiger partial charge is 0.138 e. The number of rotatable bonds is 5. The number of hydrogen-bond donors (Lipinski definition) is 2. The fraction of sp³-hybridized carbons (Fsp3) is 0.571. The van der Waals surface area contributed by atoms with E-state index in [1.807, 2.05) is 0 Å². The van der Waals surface area contributed by atoms with E-state index in [4.69, 9.17) is 33.7 Å². The van der Waals surface area contributed by atoms with Gasteiger partial charge < -0.3 is 20.5 Å². The summed E-state index contributed by atoms with van der Waals surface area (Å²) in [5.74, 6) is 0.538. The largest absolute Gasteiger partial charge is 0.489 e. The Morgan fingerprint density at radius 3 is 2.70 bits per heavy atom. The summed E-state index contributed by atoms with van der Waals surface area (Å²) in [4.78, 5) is 2.21. The maximum Gasteiger partial charge on any atom is 0.138 e. The summed E-state index contributed by atoms with van der Waals surface area (Å²) in [6.07, 6.45) is 1.42. The number of ether oxygens (including phenoxy) is 1. The third-order valence-electron chi connectivity index (χ3n) is 3.43. The molecule has 0 saturated carbocycles. The molecule has 0 aliphatic carbocycles. The molecule has 0 aromatic heterocycles. The number of likely N-dealkylation sites (tertiary alicyclic amines) is 1. The predicted octanol–water partition coefficient (Wildman–Crippen LogP) is 2.16. The second-order valence-electron chi connectivity index (χ2n) is 5.18. The number of β-amino-alcohol motifs (C(OH)–C–C–N with tert-alkyl or cyclic N) is 1. The molecular weight excluding hydrogens is 299 g/mol. The van der Waals surface area contributed by atoms with Crippen molar-refractivity contribution in [2.24, 2.45) is 5.73 Å². The zero-order valence-electron chi connectivity index (χ0n) is 11.3. The van der Waals surface area contributed by atoms with E-state index in [-0.39, 0.29) is 6.61 Å². The number of nitrogens with two attached hydrogens (primary N) is 1. The fourth-order valence-corrected chi connectivity index (χ4v) is 2.73. The Bertz CT molecular complexity index is 437. The van der Waals surface area contributed by atoms with Crippen molar-refractivity contribution in [2.75, 3.05) is 26.2 Å². The predicted molar refractivity (Wildman–Crippen MR) is 81.6 cm³/mol. The van der Waals surface area contributed by atoms with Gasteiger partial charge in [0, 0.05) is 17.6 Å². The van der Waals surface area contributed by atoms with E-state index in [1.165, 1.54) is 0 Å². The third kappa shape index (κ3) is 4.79. The summed E-state index contributed by atoms with van der Waals surface area (Å²) in [6.45, 7) is 2.67. The van der Waals surface area contributed by atoms with Crippen molar-refractivity contribution >= 4 is 23.2 Å². The van der Waals surface area contributed by atoms with Crippen molar-refractivity contribution in [1.82, 2.24) is 4.90 Å². The van der Waals surface area contributed by atoms with Crippen LogP contribution in [0.1, 0.15) is 12.8 Å². The van der Waals surface area contributed by atoms with Gasteiger partial charge in [0.05, 0.1) is 5.02 Å². The second kappa shape index (κ2) is 7.48. The minimum absolute atomic E-state index is 0.212. The highest BCUT2D eigenvalue weighted by molar-refractivity contribution is 6.35. The molecule has 1 atom stereocenters. The molecule has 1 saturated heterocycles.